The summed E-state index contributed by atoms with van der Waals surface area (Å²) in [7, 11) is 0. The van der Waals surface area contributed by atoms with Crippen molar-refractivity contribution in [3.63, 3.8) is 0 Å². The number of hydrogen-bond acceptors (Lipinski definition) is 4. The van der Waals surface area contributed by atoms with E-state index in [1.807, 2.05) is 0 Å². The van der Waals surface area contributed by atoms with E-state index in [0.717, 1.165) is 11.1 Å². The van der Waals surface area contributed by atoms with Crippen LogP contribution in [0.3, 0.4) is 0 Å². The second-order valence-electron chi connectivity index (χ2n) is 3.16. The van der Waals surface area contributed by atoms with Crippen LogP contribution in [0.25, 0.3) is 11.1 Å². The van der Waals surface area contributed by atoms with E-state index in [0.29, 0.717) is 6.29 Å². The lowest BCUT2D eigenvalue weighted by Gasteiger charge is -1.95. The molecule has 1 heterocycles. The van der Waals surface area contributed by atoms with Crippen molar-refractivity contribution in [3.05, 3.63) is 52.5 Å². The Morgan fingerprint density at radius 2 is 1.88 bits per heavy atom. The van der Waals surface area contributed by atoms with Crippen LogP contribution >= 0.6 is 0 Å². The Morgan fingerprint density at radius 1 is 1.19 bits per heavy atom. The molecule has 5 heteroatoms. The number of furan rings is 1. The first-order chi connectivity index (χ1) is 7.70. The van der Waals surface area contributed by atoms with Crippen molar-refractivity contribution >= 4 is 12.0 Å². The molecule has 5 nitrogen and oxygen atoms in total. The zero-order valence-corrected chi connectivity index (χ0v) is 8.12. The van der Waals surface area contributed by atoms with Crippen LogP contribution in [0.1, 0.15) is 10.6 Å². The van der Waals surface area contributed by atoms with Crippen LogP contribution in [0, 0.1) is 10.1 Å². The summed E-state index contributed by atoms with van der Waals surface area (Å²) in [6.45, 7) is 0. The highest BCUT2D eigenvalue weighted by Crippen LogP contribution is 2.23. The van der Waals surface area contributed by atoms with Crippen molar-refractivity contribution in [2.24, 2.45) is 0 Å². The monoisotopic (exact) mass is 217 g/mol. The summed E-state index contributed by atoms with van der Waals surface area (Å²) in [4.78, 5) is 20.4. The van der Waals surface area contributed by atoms with Crippen molar-refractivity contribution in [1.82, 2.24) is 0 Å². The molecule has 2 rings (SSSR count). The lowest BCUT2D eigenvalue weighted by Crippen LogP contribution is -1.86. The smallest absolute Gasteiger partial charge is 0.269 e. The molecule has 0 saturated carbocycles. The molecule has 0 unspecified atom stereocenters. The van der Waals surface area contributed by atoms with Gasteiger partial charge in [0, 0.05) is 17.7 Å². The molecule has 0 aliphatic rings. The van der Waals surface area contributed by atoms with Crippen molar-refractivity contribution in [2.75, 3.05) is 0 Å². The number of benzene rings is 1. The van der Waals surface area contributed by atoms with Crippen LogP contribution in [0.2, 0.25) is 0 Å². The molecule has 16 heavy (non-hydrogen) atoms. The number of nitro groups is 1. The van der Waals surface area contributed by atoms with Crippen LogP contribution in [-0.4, -0.2) is 11.2 Å². The summed E-state index contributed by atoms with van der Waals surface area (Å²) in [5.74, 6) is 0.230. The number of carbonyl (C=O) groups excluding carboxylic acids is 1. The van der Waals surface area contributed by atoms with Gasteiger partial charge < -0.3 is 4.42 Å². The molecule has 0 bridgehead atoms. The first-order valence-electron chi connectivity index (χ1n) is 4.49. The summed E-state index contributed by atoms with van der Waals surface area (Å²) < 4.78 is 4.94. The van der Waals surface area contributed by atoms with Gasteiger partial charge >= 0.3 is 0 Å². The third-order valence-electron chi connectivity index (χ3n) is 2.15. The zero-order valence-electron chi connectivity index (χ0n) is 8.12. The topological polar surface area (TPSA) is 73.3 Å². The molecule has 0 aliphatic carbocycles. The van der Waals surface area contributed by atoms with E-state index in [4.69, 9.17) is 4.42 Å². The molecule has 0 atom stereocenters. The van der Waals surface area contributed by atoms with E-state index >= 15 is 0 Å². The lowest BCUT2D eigenvalue weighted by atomic mass is 10.1. The average molecular weight is 217 g/mol. The predicted octanol–water partition coefficient (Wildman–Crippen LogP) is 2.67. The van der Waals surface area contributed by atoms with E-state index in [-0.39, 0.29) is 11.4 Å². The summed E-state index contributed by atoms with van der Waals surface area (Å²) in [5.41, 5.74) is 1.52. The van der Waals surface area contributed by atoms with Crippen molar-refractivity contribution in [2.45, 2.75) is 0 Å². The van der Waals surface area contributed by atoms with Gasteiger partial charge in [0.25, 0.3) is 5.69 Å². The normalized spacial score (nSPS) is 10.0. The number of aldehydes is 1. The van der Waals surface area contributed by atoms with E-state index in [2.05, 4.69) is 0 Å². The van der Waals surface area contributed by atoms with Gasteiger partial charge in [-0.05, 0) is 23.8 Å². The number of carbonyl (C=O) groups is 1. The third kappa shape index (κ3) is 1.83. The van der Waals surface area contributed by atoms with E-state index in [1.165, 1.54) is 18.4 Å². The standard InChI is InChI=1S/C11H7NO4/c13-6-11-5-9(7-16-11)8-1-3-10(4-2-8)12(14)15/h1-7H. The number of hydrogen-bond donors (Lipinski definition) is 0. The first kappa shape index (κ1) is 10.1. The molecule has 1 aromatic carbocycles. The van der Waals surface area contributed by atoms with Crippen molar-refractivity contribution < 1.29 is 14.1 Å². The van der Waals surface area contributed by atoms with E-state index in [1.54, 1.807) is 18.2 Å². The van der Waals surface area contributed by atoms with Gasteiger partial charge in [0.05, 0.1) is 11.2 Å². The Bertz CT molecular complexity index is 527. The fourth-order valence-electron chi connectivity index (χ4n) is 1.34. The Hall–Kier alpha value is -2.43. The van der Waals surface area contributed by atoms with Gasteiger partial charge in [-0.25, -0.2) is 0 Å². The summed E-state index contributed by atoms with van der Waals surface area (Å²) in [6.07, 6.45) is 2.04. The van der Waals surface area contributed by atoms with E-state index in [9.17, 15) is 14.9 Å². The van der Waals surface area contributed by atoms with Gasteiger partial charge in [-0.1, -0.05) is 0 Å². The minimum atomic E-state index is -0.462. The average Bonchev–Trinajstić information content (AvgIpc) is 2.77. The fourth-order valence-corrected chi connectivity index (χ4v) is 1.34. The van der Waals surface area contributed by atoms with Crippen LogP contribution < -0.4 is 0 Å². The Balaban J connectivity index is 2.34. The number of rotatable bonds is 3. The van der Waals surface area contributed by atoms with Gasteiger partial charge in [-0.3, -0.25) is 14.9 Å². The fraction of sp³-hybridized carbons (Fsp3) is 0. The summed E-state index contributed by atoms with van der Waals surface area (Å²) in [6, 6.07) is 7.61. The quantitative estimate of drug-likeness (QED) is 0.450. The molecular weight excluding hydrogens is 210 g/mol. The largest absolute Gasteiger partial charge is 0.461 e. The number of non-ortho nitro benzene ring substituents is 1. The van der Waals surface area contributed by atoms with Gasteiger partial charge in [-0.2, -0.15) is 0 Å². The zero-order chi connectivity index (χ0) is 11.5. The Morgan fingerprint density at radius 3 is 2.38 bits per heavy atom. The van der Waals surface area contributed by atoms with Gasteiger partial charge in [0.1, 0.15) is 0 Å². The highest BCUT2D eigenvalue weighted by atomic mass is 16.6. The molecule has 0 aliphatic heterocycles. The molecule has 0 radical (unpaired) electrons. The maximum absolute atomic E-state index is 10.4. The van der Waals surface area contributed by atoms with Crippen molar-refractivity contribution in [3.8, 4) is 11.1 Å². The van der Waals surface area contributed by atoms with Gasteiger partial charge in [0.2, 0.25) is 0 Å². The van der Waals surface area contributed by atoms with Crippen molar-refractivity contribution in [1.29, 1.82) is 0 Å². The molecule has 80 valence electrons. The maximum atomic E-state index is 10.4. The molecule has 1 aromatic heterocycles. The molecule has 2 aromatic rings. The molecule has 0 amide bonds. The van der Waals surface area contributed by atoms with Gasteiger partial charge in [0.15, 0.2) is 12.0 Å². The molecule has 0 N–H and O–H groups in total. The lowest BCUT2D eigenvalue weighted by molar-refractivity contribution is -0.384. The van der Waals surface area contributed by atoms with E-state index < -0.39 is 4.92 Å². The van der Waals surface area contributed by atoms with Crippen LogP contribution in [0.15, 0.2) is 41.0 Å². The number of nitrogens with zero attached hydrogens (tertiary/aromatic N) is 1. The SMILES string of the molecule is O=Cc1cc(-c2ccc([N+](=O)[O-])cc2)co1. The second-order valence-corrected chi connectivity index (χ2v) is 3.16. The van der Waals surface area contributed by atoms with Crippen LogP contribution in [0.5, 0.6) is 0 Å². The summed E-state index contributed by atoms with van der Waals surface area (Å²) in [5, 5.41) is 10.4. The van der Waals surface area contributed by atoms with Gasteiger partial charge in [-0.15, -0.1) is 0 Å². The molecule has 0 spiro atoms. The molecular formula is C11H7NO4. The van der Waals surface area contributed by atoms with Crippen LogP contribution in [0.4, 0.5) is 5.69 Å². The third-order valence-corrected chi connectivity index (χ3v) is 2.15. The maximum Gasteiger partial charge on any atom is 0.269 e. The highest BCUT2D eigenvalue weighted by Gasteiger charge is 2.07. The highest BCUT2D eigenvalue weighted by molar-refractivity contribution is 5.75. The predicted molar refractivity (Wildman–Crippen MR) is 56.2 cm³/mol. The number of nitro benzene ring substituents is 1. The first-order valence-corrected chi connectivity index (χ1v) is 4.49. The summed E-state index contributed by atoms with van der Waals surface area (Å²) >= 11 is 0. The Kier molecular flexibility index (Phi) is 2.51. The minimum Gasteiger partial charge on any atom is -0.461 e. The second kappa shape index (κ2) is 3.98. The Labute approximate surface area is 90.5 Å². The minimum absolute atomic E-state index is 0.0304. The molecule has 0 fully saturated rings. The molecule has 0 saturated heterocycles. The van der Waals surface area contributed by atoms with Crippen LogP contribution in [-0.2, 0) is 0 Å².